The van der Waals surface area contributed by atoms with Crippen LogP contribution in [0.5, 0.6) is 0 Å². The SMILES string of the molecule is CC1(C)c2ccccc2-c2c(-c3ccccc3)cc(Nc3cccc4c3sc3ccccc34)cc21. The topological polar surface area (TPSA) is 12.0 Å². The smallest absolute Gasteiger partial charge is 0.0590 e. The highest BCUT2D eigenvalue weighted by molar-refractivity contribution is 7.26. The minimum Gasteiger partial charge on any atom is -0.354 e. The standard InChI is InChI=1S/C33H25NS/c1-33(2)27-16-8-6-14-25(27)31-26(21-11-4-3-5-12-21)19-22(20-28(31)33)34-29-17-10-15-24-23-13-7-9-18-30(23)35-32(24)29/h3-20,34H,1-2H3. The van der Waals surface area contributed by atoms with E-state index in [1.165, 1.54) is 53.6 Å². The van der Waals surface area contributed by atoms with E-state index in [1.54, 1.807) is 0 Å². The van der Waals surface area contributed by atoms with Crippen molar-refractivity contribution in [3.63, 3.8) is 0 Å². The number of nitrogens with one attached hydrogen (secondary N) is 1. The van der Waals surface area contributed by atoms with Crippen molar-refractivity contribution in [1.29, 1.82) is 0 Å². The molecule has 0 atom stereocenters. The Morgan fingerprint density at radius 3 is 2.26 bits per heavy atom. The molecule has 0 bridgehead atoms. The number of anilines is 2. The van der Waals surface area contributed by atoms with Crippen molar-refractivity contribution < 1.29 is 0 Å². The lowest BCUT2D eigenvalue weighted by molar-refractivity contribution is 0.661. The molecule has 1 nitrogen and oxygen atoms in total. The lowest BCUT2D eigenvalue weighted by Crippen LogP contribution is -2.15. The van der Waals surface area contributed by atoms with Gasteiger partial charge in [0.05, 0.1) is 10.4 Å². The maximum atomic E-state index is 3.82. The quantitative estimate of drug-likeness (QED) is 0.273. The Morgan fingerprint density at radius 1 is 0.629 bits per heavy atom. The fraction of sp³-hybridized carbons (Fsp3) is 0.0909. The van der Waals surface area contributed by atoms with Crippen molar-refractivity contribution in [3.05, 3.63) is 120 Å². The van der Waals surface area contributed by atoms with Gasteiger partial charge in [-0.2, -0.15) is 0 Å². The fourth-order valence-corrected chi connectivity index (χ4v) is 6.91. The van der Waals surface area contributed by atoms with Gasteiger partial charge in [0.2, 0.25) is 0 Å². The van der Waals surface area contributed by atoms with Crippen molar-refractivity contribution in [1.82, 2.24) is 0 Å². The van der Waals surface area contributed by atoms with Gasteiger partial charge >= 0.3 is 0 Å². The largest absolute Gasteiger partial charge is 0.354 e. The summed E-state index contributed by atoms with van der Waals surface area (Å²) in [5, 5.41) is 6.46. The maximum absolute atomic E-state index is 3.82. The molecule has 5 aromatic carbocycles. The Morgan fingerprint density at radius 2 is 1.37 bits per heavy atom. The van der Waals surface area contributed by atoms with Crippen molar-refractivity contribution in [2.24, 2.45) is 0 Å². The van der Waals surface area contributed by atoms with Crippen molar-refractivity contribution >= 4 is 42.9 Å². The summed E-state index contributed by atoms with van der Waals surface area (Å²) in [7, 11) is 0. The Hall–Kier alpha value is -3.88. The molecule has 0 amide bonds. The van der Waals surface area contributed by atoms with Gasteiger partial charge in [-0.1, -0.05) is 98.8 Å². The molecular formula is C33H25NS. The summed E-state index contributed by atoms with van der Waals surface area (Å²) in [6.07, 6.45) is 0. The molecule has 1 heterocycles. The van der Waals surface area contributed by atoms with Crippen LogP contribution in [0.4, 0.5) is 11.4 Å². The lowest BCUT2D eigenvalue weighted by atomic mass is 9.81. The second-order valence-electron chi connectivity index (χ2n) is 9.89. The average molecular weight is 468 g/mol. The first-order chi connectivity index (χ1) is 17.1. The van der Waals surface area contributed by atoms with Gasteiger partial charge in [-0.3, -0.25) is 0 Å². The predicted octanol–water partition coefficient (Wildman–Crippen LogP) is 9.77. The van der Waals surface area contributed by atoms with E-state index in [0.717, 1.165) is 11.4 Å². The van der Waals surface area contributed by atoms with Crippen LogP contribution < -0.4 is 5.32 Å². The van der Waals surface area contributed by atoms with Crippen LogP contribution in [0, 0.1) is 0 Å². The number of rotatable bonds is 3. The van der Waals surface area contributed by atoms with Crippen LogP contribution in [0.15, 0.2) is 109 Å². The van der Waals surface area contributed by atoms with Gasteiger partial charge < -0.3 is 5.32 Å². The second-order valence-corrected chi connectivity index (χ2v) is 10.9. The molecule has 1 aromatic heterocycles. The molecule has 0 aliphatic heterocycles. The van der Waals surface area contributed by atoms with Crippen LogP contribution in [0.25, 0.3) is 42.4 Å². The van der Waals surface area contributed by atoms with E-state index in [1.807, 2.05) is 11.3 Å². The molecule has 0 saturated carbocycles. The van der Waals surface area contributed by atoms with Crippen LogP contribution in [0.1, 0.15) is 25.0 Å². The van der Waals surface area contributed by atoms with Crippen LogP contribution in [-0.4, -0.2) is 0 Å². The molecule has 0 spiro atoms. The summed E-state index contributed by atoms with van der Waals surface area (Å²) in [5.41, 5.74) is 10.3. The van der Waals surface area contributed by atoms with Gasteiger partial charge in [-0.05, 0) is 57.6 Å². The Kier molecular flexibility index (Phi) is 4.43. The molecule has 0 fully saturated rings. The summed E-state index contributed by atoms with van der Waals surface area (Å²) in [6.45, 7) is 4.70. The number of hydrogen-bond acceptors (Lipinski definition) is 2. The summed E-state index contributed by atoms with van der Waals surface area (Å²) in [6, 6.07) is 39.7. The Labute approximate surface area is 209 Å². The molecule has 0 radical (unpaired) electrons. The van der Waals surface area contributed by atoms with E-state index >= 15 is 0 Å². The zero-order valence-corrected chi connectivity index (χ0v) is 20.6. The number of fused-ring (bicyclic) bond motifs is 6. The molecule has 1 N–H and O–H groups in total. The van der Waals surface area contributed by atoms with E-state index in [9.17, 15) is 0 Å². The Balaban J connectivity index is 1.45. The van der Waals surface area contributed by atoms with E-state index in [-0.39, 0.29) is 5.41 Å². The van der Waals surface area contributed by atoms with Gasteiger partial charge in [0.1, 0.15) is 0 Å². The van der Waals surface area contributed by atoms with Crippen molar-refractivity contribution in [3.8, 4) is 22.3 Å². The molecular weight excluding hydrogens is 442 g/mol. The number of hydrogen-bond donors (Lipinski definition) is 1. The first kappa shape index (κ1) is 20.5. The third-order valence-electron chi connectivity index (χ3n) is 7.45. The molecule has 0 saturated heterocycles. The van der Waals surface area contributed by atoms with Crippen LogP contribution >= 0.6 is 11.3 Å². The average Bonchev–Trinajstić information content (AvgIpc) is 3.38. The highest BCUT2D eigenvalue weighted by Crippen LogP contribution is 2.53. The summed E-state index contributed by atoms with van der Waals surface area (Å²) in [4.78, 5) is 0. The monoisotopic (exact) mass is 467 g/mol. The minimum absolute atomic E-state index is 0.0588. The number of benzene rings is 5. The molecule has 35 heavy (non-hydrogen) atoms. The third-order valence-corrected chi connectivity index (χ3v) is 8.67. The predicted molar refractivity (Wildman–Crippen MR) is 152 cm³/mol. The minimum atomic E-state index is -0.0588. The maximum Gasteiger partial charge on any atom is 0.0590 e. The molecule has 2 heteroatoms. The van der Waals surface area contributed by atoms with Gasteiger partial charge in [0.15, 0.2) is 0 Å². The van der Waals surface area contributed by atoms with Gasteiger partial charge in [0, 0.05) is 26.6 Å². The number of thiophene rings is 1. The van der Waals surface area contributed by atoms with Crippen molar-refractivity contribution in [2.75, 3.05) is 5.32 Å². The Bertz CT molecular complexity index is 1740. The van der Waals surface area contributed by atoms with E-state index in [0.29, 0.717) is 0 Å². The molecule has 1 aliphatic carbocycles. The lowest BCUT2D eigenvalue weighted by Gasteiger charge is -2.23. The molecule has 0 unspecified atom stereocenters. The summed E-state index contributed by atoms with van der Waals surface area (Å²) < 4.78 is 2.63. The highest BCUT2D eigenvalue weighted by Gasteiger charge is 2.37. The fourth-order valence-electron chi connectivity index (χ4n) is 5.74. The van der Waals surface area contributed by atoms with Crippen LogP contribution in [0.3, 0.4) is 0 Å². The highest BCUT2D eigenvalue weighted by atomic mass is 32.1. The van der Waals surface area contributed by atoms with Crippen molar-refractivity contribution in [2.45, 2.75) is 19.3 Å². The third kappa shape index (κ3) is 3.07. The molecule has 7 rings (SSSR count). The van der Waals surface area contributed by atoms with Crippen LogP contribution in [0.2, 0.25) is 0 Å². The van der Waals surface area contributed by atoms with Crippen LogP contribution in [-0.2, 0) is 5.41 Å². The zero-order valence-electron chi connectivity index (χ0n) is 19.8. The second kappa shape index (κ2) is 7.56. The van der Waals surface area contributed by atoms with E-state index < -0.39 is 0 Å². The first-order valence-electron chi connectivity index (χ1n) is 12.1. The molecule has 1 aliphatic rings. The van der Waals surface area contributed by atoms with Gasteiger partial charge in [-0.15, -0.1) is 11.3 Å². The summed E-state index contributed by atoms with van der Waals surface area (Å²) in [5.74, 6) is 0. The van der Waals surface area contributed by atoms with Gasteiger partial charge in [-0.25, -0.2) is 0 Å². The first-order valence-corrected chi connectivity index (χ1v) is 12.9. The molecule has 6 aromatic rings. The van der Waals surface area contributed by atoms with E-state index in [4.69, 9.17) is 0 Å². The van der Waals surface area contributed by atoms with E-state index in [2.05, 4.69) is 128 Å². The summed E-state index contributed by atoms with van der Waals surface area (Å²) >= 11 is 1.86. The molecule has 168 valence electrons. The normalized spacial score (nSPS) is 13.7. The zero-order chi connectivity index (χ0) is 23.6. The van der Waals surface area contributed by atoms with Gasteiger partial charge in [0.25, 0.3) is 0 Å².